The van der Waals surface area contributed by atoms with Gasteiger partial charge in [0.2, 0.25) is 0 Å². The quantitative estimate of drug-likeness (QED) is 0.861. The number of amides is 1. The first-order valence-corrected chi connectivity index (χ1v) is 8.40. The summed E-state index contributed by atoms with van der Waals surface area (Å²) in [6, 6.07) is 3.28. The maximum atomic E-state index is 14.2. The van der Waals surface area contributed by atoms with Gasteiger partial charge in [-0.2, -0.15) is 0 Å². The molecule has 0 fully saturated rings. The standard InChI is InChI=1S/C17H19F2NO3S/c1-4-20(5-2)17(22)11-6-7-24-16(11)15(21)14-12(19)8-10(18)9-13(14)23-3/h6-9,15,21H,4-5H2,1-3H3. The number of aliphatic hydroxyl groups is 1. The van der Waals surface area contributed by atoms with Gasteiger partial charge < -0.3 is 14.7 Å². The molecule has 0 aliphatic rings. The number of methoxy groups -OCH3 is 1. The van der Waals surface area contributed by atoms with Gasteiger partial charge in [-0.1, -0.05) is 0 Å². The molecule has 1 unspecified atom stereocenters. The van der Waals surface area contributed by atoms with Crippen LogP contribution in [-0.2, 0) is 0 Å². The summed E-state index contributed by atoms with van der Waals surface area (Å²) in [6.45, 7) is 4.75. The number of thiophene rings is 1. The Morgan fingerprint density at radius 2 is 2.00 bits per heavy atom. The third-order valence-electron chi connectivity index (χ3n) is 3.77. The van der Waals surface area contributed by atoms with Gasteiger partial charge in [0.15, 0.2) is 0 Å². The number of hydrogen-bond acceptors (Lipinski definition) is 4. The van der Waals surface area contributed by atoms with Crippen LogP contribution in [0.15, 0.2) is 23.6 Å². The van der Waals surface area contributed by atoms with Gasteiger partial charge in [-0.15, -0.1) is 11.3 Å². The second kappa shape index (κ2) is 7.72. The molecule has 2 aromatic rings. The first-order valence-electron chi connectivity index (χ1n) is 7.52. The van der Waals surface area contributed by atoms with Gasteiger partial charge in [0, 0.05) is 25.2 Å². The largest absolute Gasteiger partial charge is 0.496 e. The van der Waals surface area contributed by atoms with Crippen molar-refractivity contribution in [2.45, 2.75) is 20.0 Å². The molecule has 0 saturated carbocycles. The Kier molecular flexibility index (Phi) is 5.90. The number of benzene rings is 1. The molecule has 1 amide bonds. The van der Waals surface area contributed by atoms with Crippen molar-refractivity contribution in [1.82, 2.24) is 4.90 Å². The molecule has 7 heteroatoms. The molecule has 24 heavy (non-hydrogen) atoms. The maximum Gasteiger partial charge on any atom is 0.255 e. The molecule has 0 bridgehead atoms. The highest BCUT2D eigenvalue weighted by Gasteiger charge is 2.27. The van der Waals surface area contributed by atoms with Crippen LogP contribution in [0.25, 0.3) is 0 Å². The molecular weight excluding hydrogens is 336 g/mol. The molecule has 1 aromatic carbocycles. The normalized spacial score (nSPS) is 12.1. The average molecular weight is 355 g/mol. The Balaban J connectivity index is 2.48. The zero-order valence-electron chi connectivity index (χ0n) is 13.7. The first kappa shape index (κ1) is 18.4. The van der Waals surface area contributed by atoms with Crippen LogP contribution in [0.3, 0.4) is 0 Å². The van der Waals surface area contributed by atoms with E-state index < -0.39 is 17.7 Å². The summed E-state index contributed by atoms with van der Waals surface area (Å²) in [7, 11) is 1.26. The van der Waals surface area contributed by atoms with Crippen LogP contribution in [-0.4, -0.2) is 36.1 Å². The van der Waals surface area contributed by atoms with E-state index in [2.05, 4.69) is 0 Å². The number of rotatable bonds is 6. The van der Waals surface area contributed by atoms with Gasteiger partial charge in [-0.3, -0.25) is 4.79 Å². The fraction of sp³-hybridized carbons (Fsp3) is 0.353. The van der Waals surface area contributed by atoms with E-state index >= 15 is 0 Å². The van der Waals surface area contributed by atoms with Crippen molar-refractivity contribution < 1.29 is 23.4 Å². The predicted octanol–water partition coefficient (Wildman–Crippen LogP) is 3.60. The van der Waals surface area contributed by atoms with Crippen molar-refractivity contribution in [2.75, 3.05) is 20.2 Å². The van der Waals surface area contributed by atoms with Crippen LogP contribution in [0.5, 0.6) is 5.75 Å². The first-order chi connectivity index (χ1) is 11.4. The molecular formula is C17H19F2NO3S. The Labute approximate surface area is 143 Å². The molecule has 0 aliphatic heterocycles. The van der Waals surface area contributed by atoms with Gasteiger partial charge in [-0.25, -0.2) is 8.78 Å². The molecule has 0 aliphatic carbocycles. The molecule has 1 aromatic heterocycles. The van der Waals surface area contributed by atoms with Gasteiger partial charge in [0.25, 0.3) is 5.91 Å². The molecule has 2 rings (SSSR count). The summed E-state index contributed by atoms with van der Waals surface area (Å²) in [6.07, 6.45) is -1.42. The van der Waals surface area contributed by atoms with Crippen LogP contribution >= 0.6 is 11.3 Å². The van der Waals surface area contributed by atoms with Crippen LogP contribution < -0.4 is 4.74 Å². The lowest BCUT2D eigenvalue weighted by molar-refractivity contribution is 0.0768. The van der Waals surface area contributed by atoms with Gasteiger partial charge in [-0.05, 0) is 25.3 Å². The Bertz CT molecular complexity index is 729. The third kappa shape index (κ3) is 3.42. The Morgan fingerprint density at radius 1 is 1.33 bits per heavy atom. The summed E-state index contributed by atoms with van der Waals surface area (Å²) < 4.78 is 32.5. The van der Waals surface area contributed by atoms with Gasteiger partial charge >= 0.3 is 0 Å². The molecule has 1 atom stereocenters. The van der Waals surface area contributed by atoms with E-state index in [1.807, 2.05) is 13.8 Å². The Hall–Kier alpha value is -1.99. The van der Waals surface area contributed by atoms with Gasteiger partial charge in [0.05, 0.1) is 23.1 Å². The third-order valence-corrected chi connectivity index (χ3v) is 4.74. The second-order valence-corrected chi connectivity index (χ2v) is 6.03. The number of hydrogen-bond donors (Lipinski definition) is 1. The summed E-state index contributed by atoms with van der Waals surface area (Å²) >= 11 is 1.14. The molecule has 130 valence electrons. The van der Waals surface area contributed by atoms with E-state index in [4.69, 9.17) is 4.74 Å². The minimum Gasteiger partial charge on any atom is -0.496 e. The van der Waals surface area contributed by atoms with Crippen molar-refractivity contribution in [3.05, 3.63) is 51.2 Å². The summed E-state index contributed by atoms with van der Waals surface area (Å²) in [5.74, 6) is -2.06. The average Bonchev–Trinajstić information content (AvgIpc) is 3.04. The van der Waals surface area contributed by atoms with Crippen molar-refractivity contribution >= 4 is 17.2 Å². The SMILES string of the molecule is CCN(CC)C(=O)c1ccsc1C(O)c1c(F)cc(F)cc1OC. The number of ether oxygens (including phenoxy) is 1. The van der Waals surface area contributed by atoms with Crippen LogP contribution in [0.4, 0.5) is 8.78 Å². The van der Waals surface area contributed by atoms with Gasteiger partial charge in [0.1, 0.15) is 23.5 Å². The number of halogens is 2. The molecule has 0 saturated heterocycles. The zero-order valence-corrected chi connectivity index (χ0v) is 14.5. The molecule has 0 spiro atoms. The molecule has 4 nitrogen and oxygen atoms in total. The summed E-state index contributed by atoms with van der Waals surface area (Å²) in [5, 5.41) is 12.3. The van der Waals surface area contributed by atoms with E-state index in [0.29, 0.717) is 29.6 Å². The highest BCUT2D eigenvalue weighted by Crippen LogP contribution is 2.37. The lowest BCUT2D eigenvalue weighted by Crippen LogP contribution is -2.31. The second-order valence-electron chi connectivity index (χ2n) is 5.08. The monoisotopic (exact) mass is 355 g/mol. The summed E-state index contributed by atoms with van der Waals surface area (Å²) in [4.78, 5) is 14.5. The van der Waals surface area contributed by atoms with E-state index in [-0.39, 0.29) is 17.2 Å². The van der Waals surface area contributed by atoms with E-state index in [1.54, 1.807) is 16.3 Å². The fourth-order valence-electron chi connectivity index (χ4n) is 2.52. The topological polar surface area (TPSA) is 49.8 Å². The van der Waals surface area contributed by atoms with Crippen molar-refractivity contribution in [1.29, 1.82) is 0 Å². The number of nitrogens with zero attached hydrogens (tertiary/aromatic N) is 1. The van der Waals surface area contributed by atoms with E-state index in [9.17, 15) is 18.7 Å². The lowest BCUT2D eigenvalue weighted by atomic mass is 10.0. The van der Waals surface area contributed by atoms with E-state index in [1.165, 1.54) is 7.11 Å². The van der Waals surface area contributed by atoms with Crippen LogP contribution in [0.2, 0.25) is 0 Å². The van der Waals surface area contributed by atoms with Crippen LogP contribution in [0.1, 0.15) is 40.8 Å². The van der Waals surface area contributed by atoms with Crippen molar-refractivity contribution in [3.8, 4) is 5.75 Å². The van der Waals surface area contributed by atoms with E-state index in [0.717, 1.165) is 17.4 Å². The number of aliphatic hydroxyl groups excluding tert-OH is 1. The fourth-order valence-corrected chi connectivity index (χ4v) is 3.40. The molecule has 1 N–H and O–H groups in total. The summed E-state index contributed by atoms with van der Waals surface area (Å²) in [5.41, 5.74) is 0.122. The minimum atomic E-state index is -1.42. The smallest absolute Gasteiger partial charge is 0.255 e. The minimum absolute atomic E-state index is 0.102. The zero-order chi connectivity index (χ0) is 17.9. The molecule has 0 radical (unpaired) electrons. The van der Waals surface area contributed by atoms with Crippen molar-refractivity contribution in [3.63, 3.8) is 0 Å². The lowest BCUT2D eigenvalue weighted by Gasteiger charge is -2.21. The highest BCUT2D eigenvalue weighted by atomic mass is 32.1. The predicted molar refractivity (Wildman–Crippen MR) is 88.5 cm³/mol. The Morgan fingerprint density at radius 3 is 2.58 bits per heavy atom. The maximum absolute atomic E-state index is 14.2. The number of carbonyl (C=O) groups is 1. The van der Waals surface area contributed by atoms with Crippen molar-refractivity contribution in [2.24, 2.45) is 0 Å². The molecule has 1 heterocycles. The number of carbonyl (C=O) groups excluding carboxylic acids is 1. The highest BCUT2D eigenvalue weighted by molar-refractivity contribution is 7.10. The van der Waals surface area contributed by atoms with Crippen LogP contribution in [0, 0.1) is 11.6 Å².